The molecule has 0 bridgehead atoms. The quantitative estimate of drug-likeness (QED) is 0.418. The maximum atomic E-state index is 12.6. The largest absolute Gasteiger partial charge is 0.493 e. The monoisotopic (exact) mass is 490 g/mol. The Bertz CT molecular complexity index is 1190. The van der Waals surface area contributed by atoms with E-state index in [-0.39, 0.29) is 17.7 Å². The average Bonchev–Trinajstić information content (AvgIpc) is 3.15. The third kappa shape index (κ3) is 5.69. The number of likely N-dealkylation sites (tertiary alicyclic amines) is 1. The number of carbonyl (C=O) groups excluding carboxylic acids is 3. The summed E-state index contributed by atoms with van der Waals surface area (Å²) >= 11 is 0.858. The van der Waals surface area contributed by atoms with E-state index < -0.39 is 5.91 Å². The number of nitrogens with zero attached hydrogens (tertiary/aromatic N) is 2. The van der Waals surface area contributed by atoms with E-state index in [0.717, 1.165) is 48.2 Å². The molecule has 0 aliphatic carbocycles. The summed E-state index contributed by atoms with van der Waals surface area (Å²) in [6, 6.07) is 12.7. The number of ether oxygens (including phenoxy) is 2. The van der Waals surface area contributed by atoms with Crippen LogP contribution in [-0.2, 0) is 11.4 Å². The molecule has 2 aliphatic rings. The number of hydrogen-bond acceptors (Lipinski definition) is 6. The average molecular weight is 491 g/mol. The van der Waals surface area contributed by atoms with Gasteiger partial charge < -0.3 is 14.4 Å². The molecule has 2 aromatic rings. The Balaban J connectivity index is 1.40. The zero-order chi connectivity index (χ0) is 24.8. The summed E-state index contributed by atoms with van der Waals surface area (Å²) in [6.45, 7) is 1.90. The number of terminal acetylenes is 1. The Hall–Kier alpha value is -3.70. The van der Waals surface area contributed by atoms with Crippen molar-refractivity contribution in [3.8, 4) is 23.8 Å². The maximum Gasteiger partial charge on any atom is 0.294 e. The molecule has 4 rings (SSSR count). The minimum Gasteiger partial charge on any atom is -0.493 e. The van der Waals surface area contributed by atoms with Gasteiger partial charge in [0, 0.05) is 18.7 Å². The third-order valence-corrected chi connectivity index (χ3v) is 6.75. The van der Waals surface area contributed by atoms with Gasteiger partial charge >= 0.3 is 0 Å². The van der Waals surface area contributed by atoms with Gasteiger partial charge in [-0.1, -0.05) is 24.1 Å². The lowest BCUT2D eigenvalue weighted by Gasteiger charge is -2.26. The molecule has 8 heteroatoms. The topological polar surface area (TPSA) is 76.2 Å². The standard InChI is InChI=1S/C27H26N2O5S/c1-3-13-29-26(31)24(35-27(29)32)17-20-9-12-22(23(16-20)33-2)34-18-19-7-10-21(11-8-19)25(30)28-14-5-4-6-15-28/h1,7-12,16-17H,4-6,13-15,18H2,2H3/b24-17-. The molecule has 0 saturated carbocycles. The molecule has 0 N–H and O–H groups in total. The Morgan fingerprint density at radius 1 is 1.09 bits per heavy atom. The molecule has 0 atom stereocenters. The van der Waals surface area contributed by atoms with E-state index in [2.05, 4.69) is 5.92 Å². The van der Waals surface area contributed by atoms with Crippen LogP contribution in [0.15, 0.2) is 47.4 Å². The first kappa shape index (κ1) is 24.4. The number of thioether (sulfide) groups is 1. The number of hydrogen-bond donors (Lipinski definition) is 0. The molecule has 2 heterocycles. The van der Waals surface area contributed by atoms with Crippen LogP contribution in [0.3, 0.4) is 0 Å². The molecule has 35 heavy (non-hydrogen) atoms. The second-order valence-corrected chi connectivity index (χ2v) is 9.21. The van der Waals surface area contributed by atoms with Crippen LogP contribution in [0.1, 0.15) is 40.7 Å². The summed E-state index contributed by atoms with van der Waals surface area (Å²) in [5.74, 6) is 3.03. The van der Waals surface area contributed by atoms with Crippen LogP contribution in [0.5, 0.6) is 11.5 Å². The van der Waals surface area contributed by atoms with E-state index in [4.69, 9.17) is 15.9 Å². The van der Waals surface area contributed by atoms with E-state index in [1.807, 2.05) is 29.2 Å². The van der Waals surface area contributed by atoms with E-state index in [0.29, 0.717) is 34.1 Å². The Kier molecular flexibility index (Phi) is 7.78. The van der Waals surface area contributed by atoms with Gasteiger partial charge in [-0.2, -0.15) is 0 Å². The maximum absolute atomic E-state index is 12.6. The van der Waals surface area contributed by atoms with Crippen LogP contribution < -0.4 is 9.47 Å². The minimum absolute atomic E-state index is 0.0501. The number of amides is 3. The molecule has 7 nitrogen and oxygen atoms in total. The highest BCUT2D eigenvalue weighted by atomic mass is 32.2. The van der Waals surface area contributed by atoms with Gasteiger partial charge in [0.2, 0.25) is 0 Å². The van der Waals surface area contributed by atoms with Crippen molar-refractivity contribution in [2.45, 2.75) is 25.9 Å². The van der Waals surface area contributed by atoms with Gasteiger partial charge in [-0.15, -0.1) is 6.42 Å². The van der Waals surface area contributed by atoms with E-state index in [9.17, 15) is 14.4 Å². The molecule has 2 fully saturated rings. The Morgan fingerprint density at radius 2 is 1.83 bits per heavy atom. The normalized spacial score (nSPS) is 17.0. The third-order valence-electron chi connectivity index (χ3n) is 5.85. The summed E-state index contributed by atoms with van der Waals surface area (Å²) in [6.07, 6.45) is 10.2. The molecule has 3 amide bonds. The Morgan fingerprint density at radius 3 is 2.51 bits per heavy atom. The van der Waals surface area contributed by atoms with E-state index in [1.165, 1.54) is 13.5 Å². The summed E-state index contributed by atoms with van der Waals surface area (Å²) in [7, 11) is 1.54. The summed E-state index contributed by atoms with van der Waals surface area (Å²) in [5, 5.41) is -0.380. The Labute approximate surface area is 209 Å². The molecule has 2 aliphatic heterocycles. The fourth-order valence-electron chi connectivity index (χ4n) is 3.96. The first-order valence-corrected chi connectivity index (χ1v) is 12.2. The number of imide groups is 1. The highest BCUT2D eigenvalue weighted by Gasteiger charge is 2.34. The lowest BCUT2D eigenvalue weighted by Crippen LogP contribution is -2.35. The van der Waals surface area contributed by atoms with Gasteiger partial charge in [0.1, 0.15) is 6.61 Å². The molecule has 0 radical (unpaired) electrons. The number of piperidine rings is 1. The van der Waals surface area contributed by atoms with Gasteiger partial charge in [-0.3, -0.25) is 19.3 Å². The van der Waals surface area contributed by atoms with Crippen molar-refractivity contribution >= 4 is 34.9 Å². The molecule has 0 unspecified atom stereocenters. The van der Waals surface area contributed by atoms with Crippen molar-refractivity contribution in [3.63, 3.8) is 0 Å². The van der Waals surface area contributed by atoms with Crippen LogP contribution >= 0.6 is 11.8 Å². The van der Waals surface area contributed by atoms with Crippen molar-refractivity contribution in [2.75, 3.05) is 26.7 Å². The van der Waals surface area contributed by atoms with Gasteiger partial charge in [0.15, 0.2) is 11.5 Å². The summed E-state index contributed by atoms with van der Waals surface area (Å²) in [4.78, 5) is 40.3. The van der Waals surface area contributed by atoms with Gasteiger partial charge in [0.25, 0.3) is 17.1 Å². The smallest absolute Gasteiger partial charge is 0.294 e. The second-order valence-electron chi connectivity index (χ2n) is 8.22. The van der Waals surface area contributed by atoms with Gasteiger partial charge in [-0.05, 0) is 72.5 Å². The van der Waals surface area contributed by atoms with Gasteiger partial charge in [-0.25, -0.2) is 0 Å². The zero-order valence-corrected chi connectivity index (χ0v) is 20.3. The van der Waals surface area contributed by atoms with Crippen molar-refractivity contribution < 1.29 is 23.9 Å². The molecule has 2 aromatic carbocycles. The van der Waals surface area contributed by atoms with E-state index >= 15 is 0 Å². The SMILES string of the molecule is C#CCN1C(=O)S/C(=C\c2ccc(OCc3ccc(C(=O)N4CCCCC4)cc3)c(OC)c2)C1=O. The molecular formula is C27H26N2O5S. The number of rotatable bonds is 7. The second kappa shape index (κ2) is 11.2. The minimum atomic E-state index is -0.403. The first-order chi connectivity index (χ1) is 17.0. The van der Waals surface area contributed by atoms with Crippen LogP contribution in [0.2, 0.25) is 0 Å². The molecule has 180 valence electrons. The van der Waals surface area contributed by atoms with Crippen LogP contribution in [0.4, 0.5) is 4.79 Å². The molecular weight excluding hydrogens is 464 g/mol. The number of benzene rings is 2. The van der Waals surface area contributed by atoms with Crippen molar-refractivity contribution in [1.82, 2.24) is 9.80 Å². The highest BCUT2D eigenvalue weighted by Crippen LogP contribution is 2.34. The van der Waals surface area contributed by atoms with Crippen LogP contribution in [0.25, 0.3) is 6.08 Å². The first-order valence-electron chi connectivity index (χ1n) is 11.4. The fourth-order valence-corrected chi connectivity index (χ4v) is 4.79. The highest BCUT2D eigenvalue weighted by molar-refractivity contribution is 8.18. The van der Waals surface area contributed by atoms with Crippen molar-refractivity contribution in [1.29, 1.82) is 0 Å². The summed E-state index contributed by atoms with van der Waals surface area (Å²) < 4.78 is 11.4. The fraction of sp³-hybridized carbons (Fsp3) is 0.296. The van der Waals surface area contributed by atoms with Crippen molar-refractivity contribution in [3.05, 3.63) is 64.1 Å². The number of carbonyl (C=O) groups is 3. The predicted octanol–water partition coefficient (Wildman–Crippen LogP) is 4.57. The van der Waals surface area contributed by atoms with Gasteiger partial charge in [0.05, 0.1) is 18.6 Å². The molecule has 0 spiro atoms. The predicted molar refractivity (Wildman–Crippen MR) is 135 cm³/mol. The van der Waals surface area contributed by atoms with Crippen LogP contribution in [0, 0.1) is 12.3 Å². The number of methoxy groups -OCH3 is 1. The lowest BCUT2D eigenvalue weighted by atomic mass is 10.1. The molecule has 2 saturated heterocycles. The van der Waals surface area contributed by atoms with Crippen LogP contribution in [-0.4, -0.2) is 53.6 Å². The lowest BCUT2D eigenvalue weighted by molar-refractivity contribution is -0.122. The van der Waals surface area contributed by atoms with Crippen molar-refractivity contribution in [2.24, 2.45) is 0 Å². The summed E-state index contributed by atoms with van der Waals surface area (Å²) in [5.41, 5.74) is 2.30. The zero-order valence-electron chi connectivity index (χ0n) is 19.5. The van der Waals surface area contributed by atoms with E-state index in [1.54, 1.807) is 24.3 Å². The molecule has 0 aromatic heterocycles.